The third kappa shape index (κ3) is 3.10. The molecule has 2 aliphatic rings. The fourth-order valence-corrected chi connectivity index (χ4v) is 3.25. The van der Waals surface area contributed by atoms with E-state index in [1.807, 2.05) is 19.1 Å². The predicted octanol–water partition coefficient (Wildman–Crippen LogP) is 3.65. The van der Waals surface area contributed by atoms with Crippen LogP contribution < -0.4 is 11.1 Å². The van der Waals surface area contributed by atoms with Gasteiger partial charge in [0, 0.05) is 29.9 Å². The molecule has 0 atom stereocenters. The minimum Gasteiger partial charge on any atom is -0.399 e. The fourth-order valence-electron chi connectivity index (χ4n) is 3.25. The summed E-state index contributed by atoms with van der Waals surface area (Å²) in [4.78, 5) is 14.2. The van der Waals surface area contributed by atoms with E-state index in [0.717, 1.165) is 17.2 Å². The predicted molar refractivity (Wildman–Crippen MR) is 101 cm³/mol. The van der Waals surface area contributed by atoms with Crippen molar-refractivity contribution in [1.29, 1.82) is 0 Å². The molecule has 27 heavy (non-hydrogen) atoms. The Labute approximate surface area is 155 Å². The molecule has 136 valence electrons. The highest BCUT2D eigenvalue weighted by Gasteiger charge is 2.28. The van der Waals surface area contributed by atoms with Crippen LogP contribution in [0, 0.1) is 11.6 Å². The second-order valence-corrected chi connectivity index (χ2v) is 6.58. The molecule has 0 unspecified atom stereocenters. The lowest BCUT2D eigenvalue weighted by atomic mass is 9.95. The summed E-state index contributed by atoms with van der Waals surface area (Å²) < 4.78 is 27.5. The molecule has 2 heterocycles. The molecule has 6 heteroatoms. The summed E-state index contributed by atoms with van der Waals surface area (Å²) in [6, 6.07) is 10.7. The Kier molecular flexibility index (Phi) is 4.03. The van der Waals surface area contributed by atoms with Crippen LogP contribution in [-0.4, -0.2) is 17.4 Å². The second kappa shape index (κ2) is 6.39. The van der Waals surface area contributed by atoms with Gasteiger partial charge in [0.2, 0.25) is 0 Å². The molecule has 0 fully saturated rings. The van der Waals surface area contributed by atoms with Gasteiger partial charge >= 0.3 is 0 Å². The Bertz CT molecular complexity index is 1040. The van der Waals surface area contributed by atoms with Crippen molar-refractivity contribution < 1.29 is 13.6 Å². The standard InChI is InChI=1S/C21H17F2N3O/c1-12-11-26-20(9-17(12)16-7-4-14(22)8-18(16)23)25-19(10-21(26)27)13-2-5-15(24)6-3-13/h2-10,25H,11,24H2,1H3. The molecule has 0 aromatic heterocycles. The zero-order chi connectivity index (χ0) is 19.1. The van der Waals surface area contributed by atoms with Gasteiger partial charge in [-0.2, -0.15) is 0 Å². The van der Waals surface area contributed by atoms with Crippen LogP contribution in [0.3, 0.4) is 0 Å². The van der Waals surface area contributed by atoms with Gasteiger partial charge < -0.3 is 11.1 Å². The average molecular weight is 365 g/mol. The Hall–Kier alpha value is -3.41. The number of rotatable bonds is 2. The number of anilines is 1. The summed E-state index contributed by atoms with van der Waals surface area (Å²) >= 11 is 0. The van der Waals surface area contributed by atoms with Crippen LogP contribution in [0.25, 0.3) is 11.3 Å². The number of nitrogen functional groups attached to an aromatic ring is 1. The van der Waals surface area contributed by atoms with Crippen LogP contribution in [0.5, 0.6) is 0 Å². The number of benzene rings is 2. The quantitative estimate of drug-likeness (QED) is 0.799. The largest absolute Gasteiger partial charge is 0.399 e. The van der Waals surface area contributed by atoms with Gasteiger partial charge in [0.15, 0.2) is 0 Å². The van der Waals surface area contributed by atoms with E-state index in [1.54, 1.807) is 23.1 Å². The molecular weight excluding hydrogens is 348 g/mol. The van der Waals surface area contributed by atoms with E-state index in [-0.39, 0.29) is 5.91 Å². The summed E-state index contributed by atoms with van der Waals surface area (Å²) in [7, 11) is 0. The number of carbonyl (C=O) groups excluding carboxylic acids is 1. The first-order valence-electron chi connectivity index (χ1n) is 8.45. The Balaban J connectivity index is 1.73. The number of nitrogens with zero attached hydrogens (tertiary/aromatic N) is 1. The first kappa shape index (κ1) is 17.0. The maximum Gasteiger partial charge on any atom is 0.254 e. The number of carbonyl (C=O) groups is 1. The summed E-state index contributed by atoms with van der Waals surface area (Å²) in [5.74, 6) is -0.867. The van der Waals surface area contributed by atoms with Gasteiger partial charge in [0.1, 0.15) is 17.5 Å². The molecule has 2 aromatic carbocycles. The molecule has 0 radical (unpaired) electrons. The first-order valence-corrected chi connectivity index (χ1v) is 8.45. The van der Waals surface area contributed by atoms with E-state index < -0.39 is 11.6 Å². The van der Waals surface area contributed by atoms with Gasteiger partial charge in [-0.05, 0) is 54.0 Å². The average Bonchev–Trinajstić information content (AvgIpc) is 2.63. The van der Waals surface area contributed by atoms with Crippen LogP contribution in [0.2, 0.25) is 0 Å². The number of nitrogens with two attached hydrogens (primary N) is 1. The molecule has 0 saturated carbocycles. The zero-order valence-corrected chi connectivity index (χ0v) is 14.6. The lowest BCUT2D eigenvalue weighted by molar-refractivity contribution is -0.124. The van der Waals surface area contributed by atoms with Crippen molar-refractivity contribution in [2.45, 2.75) is 6.92 Å². The van der Waals surface area contributed by atoms with Gasteiger partial charge in [-0.25, -0.2) is 8.78 Å². The Morgan fingerprint density at radius 3 is 2.52 bits per heavy atom. The molecule has 2 aromatic rings. The number of amides is 1. The van der Waals surface area contributed by atoms with E-state index >= 15 is 0 Å². The third-order valence-corrected chi connectivity index (χ3v) is 4.67. The van der Waals surface area contributed by atoms with Crippen molar-refractivity contribution in [1.82, 2.24) is 10.2 Å². The summed E-state index contributed by atoms with van der Waals surface area (Å²) in [5, 5.41) is 3.23. The van der Waals surface area contributed by atoms with Crippen LogP contribution in [0.15, 0.2) is 66.0 Å². The lowest BCUT2D eigenvalue weighted by Gasteiger charge is -2.34. The number of hydrogen-bond donors (Lipinski definition) is 2. The molecule has 2 aliphatic heterocycles. The van der Waals surface area contributed by atoms with Crippen molar-refractivity contribution in [3.05, 3.63) is 88.8 Å². The molecule has 0 bridgehead atoms. The smallest absolute Gasteiger partial charge is 0.254 e. The van der Waals surface area contributed by atoms with Crippen molar-refractivity contribution in [3.8, 4) is 0 Å². The van der Waals surface area contributed by atoms with Crippen LogP contribution >= 0.6 is 0 Å². The molecule has 4 nitrogen and oxygen atoms in total. The van der Waals surface area contributed by atoms with Crippen LogP contribution in [0.1, 0.15) is 18.1 Å². The molecule has 3 N–H and O–H groups in total. The highest BCUT2D eigenvalue weighted by atomic mass is 19.1. The van der Waals surface area contributed by atoms with Crippen molar-refractivity contribution in [3.63, 3.8) is 0 Å². The maximum atomic E-state index is 14.3. The van der Waals surface area contributed by atoms with Gasteiger partial charge in [-0.1, -0.05) is 12.1 Å². The molecule has 0 aliphatic carbocycles. The SMILES string of the molecule is CC1=C(c2ccc(F)cc2F)C=C2NC(c3ccc(N)cc3)=CC(=O)N2C1. The summed E-state index contributed by atoms with van der Waals surface area (Å²) in [5.41, 5.74) is 9.57. The summed E-state index contributed by atoms with van der Waals surface area (Å²) in [6.45, 7) is 2.16. The molecule has 4 rings (SSSR count). The molecular formula is C21H17F2N3O. The van der Waals surface area contributed by atoms with Crippen molar-refractivity contribution in [2.24, 2.45) is 0 Å². The minimum absolute atomic E-state index is 0.162. The van der Waals surface area contributed by atoms with Gasteiger partial charge in [0.05, 0.1) is 5.70 Å². The number of allylic oxidation sites excluding steroid dienone is 2. The topological polar surface area (TPSA) is 58.4 Å². The Morgan fingerprint density at radius 2 is 1.81 bits per heavy atom. The maximum absolute atomic E-state index is 14.3. The van der Waals surface area contributed by atoms with Crippen molar-refractivity contribution >= 4 is 22.9 Å². The van der Waals surface area contributed by atoms with E-state index in [2.05, 4.69) is 5.32 Å². The highest BCUT2D eigenvalue weighted by Crippen LogP contribution is 2.32. The molecule has 1 amide bonds. The van der Waals surface area contributed by atoms with E-state index in [4.69, 9.17) is 5.73 Å². The number of nitrogens with one attached hydrogen (secondary N) is 1. The van der Waals surface area contributed by atoms with E-state index in [9.17, 15) is 13.6 Å². The van der Waals surface area contributed by atoms with Crippen molar-refractivity contribution in [2.75, 3.05) is 12.3 Å². The van der Waals surface area contributed by atoms with Crippen LogP contribution in [-0.2, 0) is 4.79 Å². The zero-order valence-electron chi connectivity index (χ0n) is 14.6. The lowest BCUT2D eigenvalue weighted by Crippen LogP contribution is -2.42. The molecule has 0 spiro atoms. The summed E-state index contributed by atoms with van der Waals surface area (Å²) in [6.07, 6.45) is 3.25. The highest BCUT2D eigenvalue weighted by molar-refractivity contribution is 5.99. The van der Waals surface area contributed by atoms with Gasteiger partial charge in [-0.3, -0.25) is 9.69 Å². The van der Waals surface area contributed by atoms with Gasteiger partial charge in [-0.15, -0.1) is 0 Å². The number of halogens is 2. The normalized spacial score (nSPS) is 16.6. The first-order chi connectivity index (χ1) is 12.9. The monoisotopic (exact) mass is 365 g/mol. The fraction of sp³-hybridized carbons (Fsp3) is 0.0952. The third-order valence-electron chi connectivity index (χ3n) is 4.67. The van der Waals surface area contributed by atoms with Gasteiger partial charge in [0.25, 0.3) is 5.91 Å². The number of fused-ring (bicyclic) bond motifs is 1. The second-order valence-electron chi connectivity index (χ2n) is 6.58. The van der Waals surface area contributed by atoms with Crippen LogP contribution in [0.4, 0.5) is 14.5 Å². The van der Waals surface area contributed by atoms with E-state index in [1.165, 1.54) is 18.2 Å². The minimum atomic E-state index is -0.633. The van der Waals surface area contributed by atoms with E-state index in [0.29, 0.717) is 34.9 Å². The Morgan fingerprint density at radius 1 is 1.07 bits per heavy atom. The molecule has 0 saturated heterocycles. The number of hydrogen-bond acceptors (Lipinski definition) is 3.